The summed E-state index contributed by atoms with van der Waals surface area (Å²) >= 11 is 3.53. The molecule has 0 aliphatic heterocycles. The maximum absolute atomic E-state index is 6.09. The first kappa shape index (κ1) is 23.1. The van der Waals surface area contributed by atoms with Gasteiger partial charge in [0, 0.05) is 10.9 Å². The van der Waals surface area contributed by atoms with Gasteiger partial charge in [-0.2, -0.15) is 0 Å². The fourth-order valence-electron chi connectivity index (χ4n) is 4.94. The van der Waals surface area contributed by atoms with E-state index in [4.69, 9.17) is 4.42 Å². The first-order valence-electron chi connectivity index (χ1n) is 12.0. The van der Waals surface area contributed by atoms with Crippen LogP contribution in [0.2, 0.25) is 0 Å². The van der Waals surface area contributed by atoms with Crippen LogP contribution in [-0.2, 0) is 10.9 Å². The molecule has 0 radical (unpaired) electrons. The van der Waals surface area contributed by atoms with E-state index in [-0.39, 0.29) is 0 Å². The molecular weight excluding hydrogens is 524 g/mol. The highest BCUT2D eigenvalue weighted by molar-refractivity contribution is 9.08. The summed E-state index contributed by atoms with van der Waals surface area (Å²) in [7, 11) is 0. The molecule has 0 aliphatic carbocycles. The van der Waals surface area contributed by atoms with E-state index in [2.05, 4.69) is 92.1 Å². The molecule has 0 atom stereocenters. The summed E-state index contributed by atoms with van der Waals surface area (Å²) in [4.78, 5) is 0. The molecule has 0 amide bonds. The number of halogens is 1. The van der Waals surface area contributed by atoms with Gasteiger partial charge in [-0.3, -0.25) is 0 Å². The summed E-state index contributed by atoms with van der Waals surface area (Å²) in [6.07, 6.45) is 1.69. The summed E-state index contributed by atoms with van der Waals surface area (Å²) in [5.74, 6) is 1.16. The van der Waals surface area contributed by atoms with E-state index in [0.717, 1.165) is 33.1 Å². The standard InChI is InChI=1S/C31H23BrN4O/c32-22-23-16-18-24(19-17-23)28-20-21-37-29(28)30-33-34-35-36(30)31(25-10-4-1-5-11-25,26-12-6-2-7-13-26)27-14-8-3-9-15-27/h1-21H,22H2. The zero-order valence-electron chi connectivity index (χ0n) is 19.9. The van der Waals surface area contributed by atoms with Crippen molar-refractivity contribution in [3.05, 3.63) is 150 Å². The topological polar surface area (TPSA) is 56.7 Å². The van der Waals surface area contributed by atoms with Crippen LogP contribution in [-0.4, -0.2) is 20.2 Å². The fraction of sp³-hybridized carbons (Fsp3) is 0.0645. The van der Waals surface area contributed by atoms with Crippen LogP contribution in [0.15, 0.2) is 132 Å². The van der Waals surface area contributed by atoms with Gasteiger partial charge in [0.15, 0.2) is 5.76 Å². The Morgan fingerprint density at radius 3 is 1.73 bits per heavy atom. The Morgan fingerprint density at radius 1 is 0.676 bits per heavy atom. The van der Waals surface area contributed by atoms with Crippen molar-refractivity contribution in [2.45, 2.75) is 10.9 Å². The lowest BCUT2D eigenvalue weighted by atomic mass is 9.77. The van der Waals surface area contributed by atoms with Crippen LogP contribution in [0.1, 0.15) is 22.3 Å². The Balaban J connectivity index is 1.64. The normalized spacial score (nSPS) is 11.5. The minimum Gasteiger partial charge on any atom is -0.460 e. The van der Waals surface area contributed by atoms with Crippen molar-refractivity contribution in [2.75, 3.05) is 0 Å². The highest BCUT2D eigenvalue weighted by Crippen LogP contribution is 2.43. The van der Waals surface area contributed by atoms with Gasteiger partial charge in [0.1, 0.15) is 5.54 Å². The Labute approximate surface area is 223 Å². The molecular formula is C31H23BrN4O. The smallest absolute Gasteiger partial charge is 0.219 e. The average molecular weight is 547 g/mol. The second-order valence-electron chi connectivity index (χ2n) is 8.72. The summed E-state index contributed by atoms with van der Waals surface area (Å²) in [6.45, 7) is 0. The van der Waals surface area contributed by atoms with Gasteiger partial charge < -0.3 is 4.42 Å². The maximum atomic E-state index is 6.09. The molecule has 5 nitrogen and oxygen atoms in total. The van der Waals surface area contributed by atoms with Gasteiger partial charge >= 0.3 is 0 Å². The number of hydrogen-bond acceptors (Lipinski definition) is 4. The monoisotopic (exact) mass is 546 g/mol. The molecule has 6 heteroatoms. The summed E-state index contributed by atoms with van der Waals surface area (Å²) < 4.78 is 7.98. The largest absolute Gasteiger partial charge is 0.460 e. The number of furan rings is 1. The average Bonchev–Trinajstić information content (AvgIpc) is 3.66. The van der Waals surface area contributed by atoms with Gasteiger partial charge in [-0.25, -0.2) is 4.68 Å². The first-order chi connectivity index (χ1) is 18.3. The quantitative estimate of drug-likeness (QED) is 0.155. The van der Waals surface area contributed by atoms with Crippen molar-refractivity contribution in [1.29, 1.82) is 0 Å². The van der Waals surface area contributed by atoms with Crippen molar-refractivity contribution in [3.8, 4) is 22.7 Å². The van der Waals surface area contributed by atoms with E-state index >= 15 is 0 Å². The van der Waals surface area contributed by atoms with Crippen molar-refractivity contribution in [1.82, 2.24) is 20.2 Å². The van der Waals surface area contributed by atoms with E-state index in [1.165, 1.54) is 5.56 Å². The second-order valence-corrected chi connectivity index (χ2v) is 9.28. The molecule has 0 unspecified atom stereocenters. The summed E-state index contributed by atoms with van der Waals surface area (Å²) in [5, 5.41) is 14.1. The third-order valence-corrected chi connectivity index (χ3v) is 7.30. The number of benzene rings is 4. The third kappa shape index (κ3) is 3.99. The minimum atomic E-state index is -0.841. The van der Waals surface area contributed by atoms with Gasteiger partial charge in [-0.05, 0) is 44.3 Å². The van der Waals surface area contributed by atoms with Crippen LogP contribution in [0.4, 0.5) is 0 Å². The number of nitrogens with zero attached hydrogens (tertiary/aromatic N) is 4. The fourth-order valence-corrected chi connectivity index (χ4v) is 5.32. The predicted molar refractivity (Wildman–Crippen MR) is 148 cm³/mol. The van der Waals surface area contributed by atoms with Gasteiger partial charge in [0.05, 0.1) is 6.26 Å². The minimum absolute atomic E-state index is 0.543. The molecule has 2 heterocycles. The van der Waals surface area contributed by atoms with Gasteiger partial charge in [-0.1, -0.05) is 131 Å². The Kier molecular flexibility index (Phi) is 6.25. The molecule has 37 heavy (non-hydrogen) atoms. The van der Waals surface area contributed by atoms with Gasteiger partial charge in [0.25, 0.3) is 0 Å². The van der Waals surface area contributed by atoms with E-state index in [1.807, 2.05) is 65.3 Å². The molecule has 180 valence electrons. The highest BCUT2D eigenvalue weighted by atomic mass is 79.9. The zero-order valence-corrected chi connectivity index (χ0v) is 21.5. The number of tetrazole rings is 1. The number of hydrogen-bond donors (Lipinski definition) is 0. The van der Waals surface area contributed by atoms with Crippen LogP contribution in [0, 0.1) is 0 Å². The maximum Gasteiger partial charge on any atom is 0.219 e. The Bertz CT molecular complexity index is 1500. The van der Waals surface area contributed by atoms with E-state index in [0.29, 0.717) is 11.6 Å². The van der Waals surface area contributed by atoms with Crippen LogP contribution in [0.5, 0.6) is 0 Å². The molecule has 6 aromatic rings. The van der Waals surface area contributed by atoms with E-state index < -0.39 is 5.54 Å². The molecule has 0 fully saturated rings. The van der Waals surface area contributed by atoms with Crippen molar-refractivity contribution in [2.24, 2.45) is 0 Å². The predicted octanol–water partition coefficient (Wildman–Crippen LogP) is 7.34. The lowest BCUT2D eigenvalue weighted by Gasteiger charge is -2.36. The molecule has 0 spiro atoms. The number of rotatable bonds is 7. The second kappa shape index (κ2) is 9.99. The van der Waals surface area contributed by atoms with Crippen molar-refractivity contribution in [3.63, 3.8) is 0 Å². The van der Waals surface area contributed by atoms with Crippen LogP contribution < -0.4 is 0 Å². The Morgan fingerprint density at radius 2 is 1.22 bits per heavy atom. The SMILES string of the molecule is BrCc1ccc(-c2ccoc2-c2nnnn2C(c2ccccc2)(c2ccccc2)c2ccccc2)cc1. The van der Waals surface area contributed by atoms with E-state index in [1.54, 1.807) is 6.26 Å². The third-order valence-electron chi connectivity index (χ3n) is 6.65. The van der Waals surface area contributed by atoms with Gasteiger partial charge in [0.2, 0.25) is 5.82 Å². The molecule has 0 bridgehead atoms. The van der Waals surface area contributed by atoms with Gasteiger partial charge in [-0.15, -0.1) is 5.10 Å². The lowest BCUT2D eigenvalue weighted by molar-refractivity contribution is 0.444. The Hall–Kier alpha value is -4.29. The number of aromatic nitrogens is 4. The van der Waals surface area contributed by atoms with Crippen molar-refractivity contribution < 1.29 is 4.42 Å². The highest BCUT2D eigenvalue weighted by Gasteiger charge is 2.42. The van der Waals surface area contributed by atoms with Crippen LogP contribution >= 0.6 is 15.9 Å². The molecule has 0 aliphatic rings. The molecule has 0 N–H and O–H groups in total. The first-order valence-corrected chi connectivity index (χ1v) is 13.1. The number of alkyl halides is 1. The molecule has 0 saturated heterocycles. The summed E-state index contributed by atoms with van der Waals surface area (Å²) in [5.41, 5.74) is 5.44. The van der Waals surface area contributed by atoms with Crippen LogP contribution in [0.3, 0.4) is 0 Å². The van der Waals surface area contributed by atoms with Crippen LogP contribution in [0.25, 0.3) is 22.7 Å². The molecule has 6 rings (SSSR count). The molecule has 2 aromatic heterocycles. The molecule has 4 aromatic carbocycles. The summed E-state index contributed by atoms with van der Waals surface area (Å²) in [6, 6.07) is 41.4. The van der Waals surface area contributed by atoms with Crippen molar-refractivity contribution >= 4 is 15.9 Å². The molecule has 0 saturated carbocycles. The zero-order chi connectivity index (χ0) is 25.1. The lowest BCUT2D eigenvalue weighted by Crippen LogP contribution is -2.39. The van der Waals surface area contributed by atoms with E-state index in [9.17, 15) is 0 Å².